The first-order chi connectivity index (χ1) is 14.9. The number of aliphatic hydroxyl groups is 1. The van der Waals surface area contributed by atoms with Gasteiger partial charge in [0.15, 0.2) is 0 Å². The van der Waals surface area contributed by atoms with Crippen LogP contribution in [-0.2, 0) is 9.59 Å². The molecule has 1 aliphatic heterocycles. The number of anilines is 1. The molecule has 156 valence electrons. The van der Waals surface area contributed by atoms with Crippen molar-refractivity contribution in [2.24, 2.45) is 0 Å². The highest BCUT2D eigenvalue weighted by Gasteiger charge is 2.47. The number of hydrogen-bond acceptors (Lipinski definition) is 6. The Bertz CT molecular complexity index is 1210. The lowest BCUT2D eigenvalue weighted by Gasteiger charge is -2.25. The summed E-state index contributed by atoms with van der Waals surface area (Å²) in [6.45, 7) is 0. The van der Waals surface area contributed by atoms with Gasteiger partial charge in [0.1, 0.15) is 17.3 Å². The fraction of sp³-hybridized carbons (Fsp3) is 0.0870. The van der Waals surface area contributed by atoms with E-state index < -0.39 is 17.7 Å². The van der Waals surface area contributed by atoms with Crippen LogP contribution in [0.5, 0.6) is 11.5 Å². The van der Waals surface area contributed by atoms with Crippen molar-refractivity contribution in [3.8, 4) is 11.5 Å². The molecule has 7 nitrogen and oxygen atoms in total. The minimum Gasteiger partial charge on any atom is -0.507 e. The summed E-state index contributed by atoms with van der Waals surface area (Å²) in [7, 11) is 1.43. The van der Waals surface area contributed by atoms with Crippen LogP contribution in [0.1, 0.15) is 17.2 Å². The van der Waals surface area contributed by atoms with Crippen LogP contribution in [0.4, 0.5) is 5.69 Å². The number of aromatic hydroxyl groups is 1. The number of pyridine rings is 1. The maximum absolute atomic E-state index is 13.1. The third kappa shape index (κ3) is 3.49. The van der Waals surface area contributed by atoms with E-state index in [0.29, 0.717) is 16.3 Å². The molecule has 1 amide bonds. The number of methoxy groups -OCH3 is 1. The molecule has 31 heavy (non-hydrogen) atoms. The fourth-order valence-electron chi connectivity index (χ4n) is 3.56. The first-order valence-corrected chi connectivity index (χ1v) is 9.64. The Kier molecular flexibility index (Phi) is 5.35. The van der Waals surface area contributed by atoms with Gasteiger partial charge in [0.2, 0.25) is 0 Å². The largest absolute Gasteiger partial charge is 0.507 e. The standard InChI is InChI=1S/C23H17ClN2O5/c1-31-18-11-13(8-9-15(18)24)21(28)19-20(14-5-4-10-25-12-14)26(23(30)22(19)29)16-6-2-3-7-17(16)27/h2-12,20,27-28H,1H3/b21-19-. The van der Waals surface area contributed by atoms with Crippen LogP contribution in [0.15, 0.2) is 72.6 Å². The summed E-state index contributed by atoms with van der Waals surface area (Å²) in [4.78, 5) is 31.3. The fourth-order valence-corrected chi connectivity index (χ4v) is 3.76. The summed E-state index contributed by atoms with van der Waals surface area (Å²) in [5, 5.41) is 21.8. The van der Waals surface area contributed by atoms with Crippen LogP contribution in [0, 0.1) is 0 Å². The normalized spacial score (nSPS) is 17.7. The molecule has 1 saturated heterocycles. The van der Waals surface area contributed by atoms with E-state index in [2.05, 4.69) is 4.98 Å². The Hall–Kier alpha value is -3.84. The Morgan fingerprint density at radius 2 is 1.90 bits per heavy atom. The van der Waals surface area contributed by atoms with Gasteiger partial charge in [-0.3, -0.25) is 19.5 Å². The summed E-state index contributed by atoms with van der Waals surface area (Å²) in [6.07, 6.45) is 3.05. The van der Waals surface area contributed by atoms with E-state index in [-0.39, 0.29) is 28.3 Å². The predicted octanol–water partition coefficient (Wildman–Crippen LogP) is 4.08. The number of para-hydroxylation sites is 2. The van der Waals surface area contributed by atoms with Crippen molar-refractivity contribution in [2.45, 2.75) is 6.04 Å². The van der Waals surface area contributed by atoms with Crippen molar-refractivity contribution >= 4 is 34.7 Å². The zero-order valence-electron chi connectivity index (χ0n) is 16.3. The van der Waals surface area contributed by atoms with Gasteiger partial charge in [0, 0.05) is 18.0 Å². The third-order valence-electron chi connectivity index (χ3n) is 5.01. The smallest absolute Gasteiger partial charge is 0.300 e. The summed E-state index contributed by atoms with van der Waals surface area (Å²) >= 11 is 6.07. The van der Waals surface area contributed by atoms with E-state index in [1.165, 1.54) is 43.6 Å². The molecule has 8 heteroatoms. The minimum atomic E-state index is -0.997. The van der Waals surface area contributed by atoms with Gasteiger partial charge in [-0.1, -0.05) is 29.8 Å². The van der Waals surface area contributed by atoms with Gasteiger partial charge in [-0.2, -0.15) is 0 Å². The van der Waals surface area contributed by atoms with E-state index >= 15 is 0 Å². The second-order valence-corrected chi connectivity index (χ2v) is 7.20. The Labute approximate surface area is 182 Å². The zero-order chi connectivity index (χ0) is 22.1. The number of aliphatic hydroxyl groups excluding tert-OH is 1. The van der Waals surface area contributed by atoms with Gasteiger partial charge >= 0.3 is 0 Å². The van der Waals surface area contributed by atoms with Crippen LogP contribution in [0.25, 0.3) is 5.76 Å². The quantitative estimate of drug-likeness (QED) is 0.363. The monoisotopic (exact) mass is 436 g/mol. The van der Waals surface area contributed by atoms with Crippen molar-refractivity contribution in [1.82, 2.24) is 4.98 Å². The van der Waals surface area contributed by atoms with Crippen LogP contribution in [-0.4, -0.2) is 34.0 Å². The Morgan fingerprint density at radius 1 is 1.13 bits per heavy atom. The molecular formula is C23H17ClN2O5. The molecule has 0 aliphatic carbocycles. The van der Waals surface area contributed by atoms with Crippen molar-refractivity contribution in [2.75, 3.05) is 12.0 Å². The van der Waals surface area contributed by atoms with E-state index in [1.54, 1.807) is 30.5 Å². The van der Waals surface area contributed by atoms with E-state index in [9.17, 15) is 19.8 Å². The minimum absolute atomic E-state index is 0.134. The number of phenolic OH excluding ortho intramolecular Hbond substituents is 1. The molecule has 0 radical (unpaired) electrons. The number of amides is 1. The van der Waals surface area contributed by atoms with Crippen molar-refractivity contribution < 1.29 is 24.5 Å². The van der Waals surface area contributed by atoms with Crippen LogP contribution >= 0.6 is 11.6 Å². The highest BCUT2D eigenvalue weighted by atomic mass is 35.5. The highest BCUT2D eigenvalue weighted by Crippen LogP contribution is 2.44. The number of ketones is 1. The molecule has 4 rings (SSSR count). The van der Waals surface area contributed by atoms with Crippen LogP contribution < -0.4 is 9.64 Å². The molecule has 0 spiro atoms. The number of hydrogen-bond donors (Lipinski definition) is 2. The average molecular weight is 437 g/mol. The second-order valence-electron chi connectivity index (χ2n) is 6.79. The number of phenols is 1. The van der Waals surface area contributed by atoms with E-state index in [1.807, 2.05) is 0 Å². The maximum Gasteiger partial charge on any atom is 0.300 e. The number of rotatable bonds is 4. The lowest BCUT2D eigenvalue weighted by Crippen LogP contribution is -2.29. The first-order valence-electron chi connectivity index (χ1n) is 9.27. The Morgan fingerprint density at radius 3 is 2.58 bits per heavy atom. The van der Waals surface area contributed by atoms with Gasteiger partial charge < -0.3 is 14.9 Å². The molecule has 0 saturated carbocycles. The van der Waals surface area contributed by atoms with Gasteiger partial charge in [0.05, 0.1) is 29.4 Å². The lowest BCUT2D eigenvalue weighted by atomic mass is 9.96. The molecule has 1 unspecified atom stereocenters. The second kappa shape index (κ2) is 8.12. The number of Topliss-reactive ketones (excluding diaryl/α,β-unsaturated/α-hetero) is 1. The van der Waals surface area contributed by atoms with Crippen molar-refractivity contribution in [3.63, 3.8) is 0 Å². The predicted molar refractivity (Wildman–Crippen MR) is 115 cm³/mol. The van der Waals surface area contributed by atoms with E-state index in [0.717, 1.165) is 4.90 Å². The SMILES string of the molecule is COc1cc(/C(O)=C2/C(=O)C(=O)N(c3ccccc3O)C2c2cccnc2)ccc1Cl. The summed E-state index contributed by atoms with van der Waals surface area (Å²) < 4.78 is 5.19. The zero-order valence-corrected chi connectivity index (χ0v) is 17.1. The summed E-state index contributed by atoms with van der Waals surface area (Å²) in [6, 6.07) is 13.1. The number of aromatic nitrogens is 1. The molecule has 1 fully saturated rings. The summed E-state index contributed by atoms with van der Waals surface area (Å²) in [5.74, 6) is -2.02. The van der Waals surface area contributed by atoms with E-state index in [4.69, 9.17) is 16.3 Å². The number of carbonyl (C=O) groups is 2. The molecular weight excluding hydrogens is 420 g/mol. The number of ether oxygens (including phenoxy) is 1. The van der Waals surface area contributed by atoms with Gasteiger partial charge in [-0.05, 0) is 42.0 Å². The Balaban J connectivity index is 1.96. The molecule has 3 aromatic rings. The first kappa shape index (κ1) is 20.4. The highest BCUT2D eigenvalue weighted by molar-refractivity contribution is 6.52. The lowest BCUT2D eigenvalue weighted by molar-refractivity contribution is -0.132. The average Bonchev–Trinajstić information content (AvgIpc) is 3.05. The molecule has 2 N–H and O–H groups in total. The van der Waals surface area contributed by atoms with Gasteiger partial charge in [-0.15, -0.1) is 0 Å². The topological polar surface area (TPSA) is 100.0 Å². The molecule has 2 aromatic carbocycles. The molecule has 1 atom stereocenters. The number of halogens is 1. The molecule has 0 bridgehead atoms. The van der Waals surface area contributed by atoms with Crippen molar-refractivity contribution in [3.05, 3.63) is 88.7 Å². The van der Waals surface area contributed by atoms with Crippen molar-refractivity contribution in [1.29, 1.82) is 0 Å². The molecule has 1 aliphatic rings. The van der Waals surface area contributed by atoms with Crippen LogP contribution in [0.2, 0.25) is 5.02 Å². The number of benzene rings is 2. The van der Waals surface area contributed by atoms with Gasteiger partial charge in [-0.25, -0.2) is 0 Å². The summed E-state index contributed by atoms with van der Waals surface area (Å²) in [5.41, 5.74) is 0.759. The molecule has 2 heterocycles. The van der Waals surface area contributed by atoms with Gasteiger partial charge in [0.25, 0.3) is 11.7 Å². The maximum atomic E-state index is 13.1. The number of carbonyl (C=O) groups excluding carboxylic acids is 2. The van der Waals surface area contributed by atoms with Crippen LogP contribution in [0.3, 0.4) is 0 Å². The number of nitrogens with zero attached hydrogens (tertiary/aromatic N) is 2. The third-order valence-corrected chi connectivity index (χ3v) is 5.32. The molecule has 1 aromatic heterocycles.